The number of hydrogen-bond donors (Lipinski definition) is 4. The zero-order valence-electron chi connectivity index (χ0n) is 21.8. The van der Waals surface area contributed by atoms with Crippen LogP contribution in [-0.4, -0.2) is 49.9 Å². The predicted molar refractivity (Wildman–Crippen MR) is 154 cm³/mol. The summed E-state index contributed by atoms with van der Waals surface area (Å²) in [5.74, 6) is 1.23. The van der Waals surface area contributed by atoms with Crippen molar-refractivity contribution < 1.29 is 16.8 Å². The van der Waals surface area contributed by atoms with Crippen molar-refractivity contribution in [1.29, 1.82) is 0 Å². The lowest BCUT2D eigenvalue weighted by Crippen LogP contribution is -2.23. The fraction of sp³-hybridized carbons (Fsp3) is 0.143. The summed E-state index contributed by atoms with van der Waals surface area (Å²) >= 11 is 0. The molecule has 0 amide bonds. The number of nitrogens with zero attached hydrogens (tertiary/aromatic N) is 2. The van der Waals surface area contributed by atoms with Gasteiger partial charge < -0.3 is 9.97 Å². The Morgan fingerprint density at radius 2 is 1.00 bits per heavy atom. The molecule has 0 aliphatic rings. The highest BCUT2D eigenvalue weighted by atomic mass is 32.2. The summed E-state index contributed by atoms with van der Waals surface area (Å²) in [6.07, 6.45) is 3.47. The third-order valence-electron chi connectivity index (χ3n) is 6.11. The summed E-state index contributed by atoms with van der Waals surface area (Å²) in [6, 6.07) is 20.9. The highest BCUT2D eigenvalue weighted by molar-refractivity contribution is 7.89. The topological polar surface area (TPSA) is 150 Å². The van der Waals surface area contributed by atoms with Crippen LogP contribution in [0.1, 0.15) is 13.8 Å². The molecule has 0 saturated carbocycles. The first kappa shape index (κ1) is 27.5. The summed E-state index contributed by atoms with van der Waals surface area (Å²) in [5, 5.41) is 0. The molecule has 5 rings (SSSR count). The number of sulfonamides is 2. The van der Waals surface area contributed by atoms with Gasteiger partial charge in [-0.3, -0.25) is 0 Å². The minimum atomic E-state index is -3.58. The highest BCUT2D eigenvalue weighted by Gasteiger charge is 2.16. The largest absolute Gasteiger partial charge is 0.344 e. The molecular formula is C28H28N6O4S2. The molecule has 40 heavy (non-hydrogen) atoms. The Hall–Kier alpha value is -4.10. The van der Waals surface area contributed by atoms with Crippen LogP contribution in [0.3, 0.4) is 0 Å². The monoisotopic (exact) mass is 576 g/mol. The molecule has 0 aliphatic carbocycles. The fourth-order valence-corrected chi connectivity index (χ4v) is 6.41. The summed E-state index contributed by atoms with van der Waals surface area (Å²) < 4.78 is 54.7. The van der Waals surface area contributed by atoms with E-state index in [1.165, 1.54) is 0 Å². The van der Waals surface area contributed by atoms with E-state index in [2.05, 4.69) is 19.4 Å². The van der Waals surface area contributed by atoms with Crippen molar-refractivity contribution in [2.75, 3.05) is 13.1 Å². The van der Waals surface area contributed by atoms with Gasteiger partial charge >= 0.3 is 0 Å². The SMILES string of the molecule is CCNS(=O)(=O)c1cccc(-c2c[nH]c(-c3cccc(-c4nc(-c5cccc(S(=O)(=O)NCC)c5)c[nH]4)c3)n2)c1. The van der Waals surface area contributed by atoms with E-state index in [1.807, 2.05) is 36.4 Å². The lowest BCUT2D eigenvalue weighted by Gasteiger charge is -2.06. The van der Waals surface area contributed by atoms with Gasteiger partial charge in [-0.05, 0) is 30.3 Å². The molecule has 0 spiro atoms. The molecule has 2 heterocycles. The zero-order valence-corrected chi connectivity index (χ0v) is 23.5. The molecule has 0 aliphatic heterocycles. The highest BCUT2D eigenvalue weighted by Crippen LogP contribution is 2.28. The summed E-state index contributed by atoms with van der Waals surface area (Å²) in [4.78, 5) is 16.1. The molecule has 10 nitrogen and oxygen atoms in total. The molecule has 5 aromatic rings. The standard InChI is InChI=1S/C28H28N6O4S2/c1-3-31-39(35,36)23-12-6-8-19(15-23)25-17-29-27(33-25)21-10-5-11-22(14-21)28-30-18-26(34-28)20-9-7-13-24(16-20)40(37,38)32-4-2/h5-18,31-32H,3-4H2,1-2H3,(H,29,33)(H,30,34). The molecule has 0 saturated heterocycles. The van der Waals surface area contributed by atoms with Gasteiger partial charge in [0.25, 0.3) is 0 Å². The molecule has 0 fully saturated rings. The Kier molecular flexibility index (Phi) is 7.68. The van der Waals surface area contributed by atoms with Crippen LogP contribution in [0.2, 0.25) is 0 Å². The maximum Gasteiger partial charge on any atom is 0.240 e. The average molecular weight is 577 g/mol. The molecule has 2 aromatic heterocycles. The van der Waals surface area contributed by atoms with E-state index < -0.39 is 20.0 Å². The third-order valence-corrected chi connectivity index (χ3v) is 9.20. The van der Waals surface area contributed by atoms with Crippen molar-refractivity contribution in [3.8, 4) is 45.3 Å². The first-order chi connectivity index (χ1) is 19.2. The van der Waals surface area contributed by atoms with Gasteiger partial charge in [0.1, 0.15) is 11.6 Å². The minimum absolute atomic E-state index is 0.178. The number of nitrogens with one attached hydrogen (secondary N) is 4. The number of aromatic amines is 2. The molecule has 0 bridgehead atoms. The first-order valence-electron chi connectivity index (χ1n) is 12.6. The normalized spacial score (nSPS) is 12.1. The van der Waals surface area contributed by atoms with Crippen molar-refractivity contribution in [3.05, 3.63) is 85.2 Å². The van der Waals surface area contributed by atoms with Gasteiger partial charge in [0.2, 0.25) is 20.0 Å². The Morgan fingerprint density at radius 1 is 0.600 bits per heavy atom. The fourth-order valence-electron chi connectivity index (χ4n) is 4.24. The van der Waals surface area contributed by atoms with Crippen molar-refractivity contribution in [3.63, 3.8) is 0 Å². The second-order valence-electron chi connectivity index (χ2n) is 8.91. The Bertz CT molecular complexity index is 1740. The average Bonchev–Trinajstić information content (AvgIpc) is 3.64. The van der Waals surface area contributed by atoms with E-state index in [0.29, 0.717) is 47.3 Å². The van der Waals surface area contributed by atoms with E-state index in [1.54, 1.807) is 62.6 Å². The molecule has 3 aromatic carbocycles. The third kappa shape index (κ3) is 5.75. The van der Waals surface area contributed by atoms with Gasteiger partial charge in [0, 0.05) is 47.7 Å². The van der Waals surface area contributed by atoms with Crippen LogP contribution in [0.4, 0.5) is 0 Å². The summed E-state index contributed by atoms with van der Waals surface area (Å²) in [7, 11) is -7.17. The first-order valence-corrected chi connectivity index (χ1v) is 15.6. The van der Waals surface area contributed by atoms with E-state index >= 15 is 0 Å². The smallest absolute Gasteiger partial charge is 0.240 e. The van der Waals surface area contributed by atoms with Gasteiger partial charge in [-0.25, -0.2) is 36.2 Å². The van der Waals surface area contributed by atoms with Crippen LogP contribution in [0.5, 0.6) is 0 Å². The number of hydrogen-bond acceptors (Lipinski definition) is 6. The molecule has 206 valence electrons. The number of rotatable bonds is 10. The van der Waals surface area contributed by atoms with Crippen molar-refractivity contribution in [1.82, 2.24) is 29.4 Å². The van der Waals surface area contributed by atoms with Crippen molar-refractivity contribution in [2.45, 2.75) is 23.6 Å². The van der Waals surface area contributed by atoms with Crippen LogP contribution in [0.25, 0.3) is 45.3 Å². The molecule has 0 unspecified atom stereocenters. The van der Waals surface area contributed by atoms with E-state index in [-0.39, 0.29) is 9.79 Å². The maximum atomic E-state index is 12.4. The molecular weight excluding hydrogens is 548 g/mol. The quantitative estimate of drug-likeness (QED) is 0.194. The number of benzene rings is 3. The van der Waals surface area contributed by atoms with E-state index in [0.717, 1.165) is 11.1 Å². The van der Waals surface area contributed by atoms with E-state index in [4.69, 9.17) is 9.97 Å². The minimum Gasteiger partial charge on any atom is -0.344 e. The molecule has 12 heteroatoms. The second kappa shape index (κ2) is 11.2. The van der Waals surface area contributed by atoms with Crippen LogP contribution >= 0.6 is 0 Å². The van der Waals surface area contributed by atoms with Crippen LogP contribution in [0, 0.1) is 0 Å². The van der Waals surface area contributed by atoms with Gasteiger partial charge in [-0.2, -0.15) is 0 Å². The van der Waals surface area contributed by atoms with Crippen LogP contribution < -0.4 is 9.44 Å². The summed E-state index contributed by atoms with van der Waals surface area (Å²) in [5.41, 5.74) is 4.20. The predicted octanol–water partition coefficient (Wildman–Crippen LogP) is 4.40. The van der Waals surface area contributed by atoms with Crippen molar-refractivity contribution in [2.24, 2.45) is 0 Å². The number of imidazole rings is 2. The lowest BCUT2D eigenvalue weighted by atomic mass is 10.1. The molecule has 0 atom stereocenters. The van der Waals surface area contributed by atoms with Gasteiger partial charge in [-0.1, -0.05) is 56.3 Å². The van der Waals surface area contributed by atoms with Gasteiger partial charge in [0.15, 0.2) is 0 Å². The maximum absolute atomic E-state index is 12.4. The Labute approximate surface area is 233 Å². The number of aromatic nitrogens is 4. The Balaban J connectivity index is 1.41. The van der Waals surface area contributed by atoms with E-state index in [9.17, 15) is 16.8 Å². The lowest BCUT2D eigenvalue weighted by molar-refractivity contribution is 0.582. The molecule has 4 N–H and O–H groups in total. The van der Waals surface area contributed by atoms with Gasteiger partial charge in [0.05, 0.1) is 21.2 Å². The second-order valence-corrected chi connectivity index (χ2v) is 12.4. The van der Waals surface area contributed by atoms with Crippen molar-refractivity contribution >= 4 is 20.0 Å². The zero-order chi connectivity index (χ0) is 28.3. The Morgan fingerprint density at radius 3 is 1.43 bits per heavy atom. The van der Waals surface area contributed by atoms with Crippen LogP contribution in [-0.2, 0) is 20.0 Å². The van der Waals surface area contributed by atoms with Gasteiger partial charge in [-0.15, -0.1) is 0 Å². The van der Waals surface area contributed by atoms with Crippen LogP contribution in [0.15, 0.2) is 95.0 Å². The summed E-state index contributed by atoms with van der Waals surface area (Å²) in [6.45, 7) is 4.07. The number of H-pyrrole nitrogens is 2. The molecule has 0 radical (unpaired) electrons.